The van der Waals surface area contributed by atoms with E-state index in [4.69, 9.17) is 27.7 Å². The minimum absolute atomic E-state index is 0.174. The zero-order valence-electron chi connectivity index (χ0n) is 14.2. The molecule has 140 valence electrons. The third-order valence-corrected chi connectivity index (χ3v) is 4.92. The summed E-state index contributed by atoms with van der Waals surface area (Å²) in [6, 6.07) is 12.0. The molecule has 1 heterocycles. The van der Waals surface area contributed by atoms with Gasteiger partial charge >= 0.3 is 5.97 Å². The van der Waals surface area contributed by atoms with E-state index in [1.165, 1.54) is 0 Å². The number of nitrogens with zero attached hydrogens (tertiary/aromatic N) is 1. The highest BCUT2D eigenvalue weighted by Crippen LogP contribution is 2.41. The van der Waals surface area contributed by atoms with Crippen LogP contribution in [0.5, 0.6) is 5.75 Å². The Morgan fingerprint density at radius 3 is 2.41 bits per heavy atom. The molecule has 27 heavy (non-hydrogen) atoms. The molecule has 2 atom stereocenters. The molecule has 6 nitrogen and oxygen atoms in total. The van der Waals surface area contributed by atoms with E-state index >= 15 is 0 Å². The van der Waals surface area contributed by atoms with Crippen molar-refractivity contribution in [3.63, 3.8) is 0 Å². The summed E-state index contributed by atoms with van der Waals surface area (Å²) in [5.41, 5.74) is 1.69. The van der Waals surface area contributed by atoms with Crippen molar-refractivity contribution in [2.45, 2.75) is 18.8 Å². The number of rotatable bonds is 6. The van der Waals surface area contributed by atoms with Crippen LogP contribution in [-0.4, -0.2) is 21.3 Å². The predicted octanol–water partition coefficient (Wildman–Crippen LogP) is 5.40. The lowest BCUT2D eigenvalue weighted by atomic mass is 9.84. The topological polar surface area (TPSA) is 95.6 Å². The fourth-order valence-corrected chi connectivity index (χ4v) is 3.46. The van der Waals surface area contributed by atoms with Crippen molar-refractivity contribution in [1.29, 1.82) is 0 Å². The molecule has 0 aliphatic rings. The van der Waals surface area contributed by atoms with E-state index in [-0.39, 0.29) is 11.4 Å². The van der Waals surface area contributed by atoms with Crippen LogP contribution in [0.3, 0.4) is 0 Å². The van der Waals surface area contributed by atoms with Gasteiger partial charge in [0.1, 0.15) is 5.69 Å². The molecule has 0 saturated carbocycles. The molecule has 2 unspecified atom stereocenters. The van der Waals surface area contributed by atoms with Crippen LogP contribution < -0.4 is 5.32 Å². The first kappa shape index (κ1) is 19.1. The second kappa shape index (κ2) is 7.90. The molecule has 2 aromatic carbocycles. The number of carboxylic acids is 1. The number of para-hydroxylation sites is 2. The molecule has 0 spiro atoms. The number of aromatic nitrogens is 1. The number of aliphatic carboxylic acids is 1. The molecular weight excluding hydrogens is 391 g/mol. The van der Waals surface area contributed by atoms with E-state index in [1.807, 2.05) is 0 Å². The maximum absolute atomic E-state index is 12.1. The van der Waals surface area contributed by atoms with Crippen LogP contribution in [-0.2, 0) is 4.79 Å². The summed E-state index contributed by atoms with van der Waals surface area (Å²) < 4.78 is 4.75. The average Bonchev–Trinajstić information content (AvgIpc) is 3.05. The highest BCUT2D eigenvalue weighted by Gasteiger charge is 2.33. The lowest BCUT2D eigenvalue weighted by Crippen LogP contribution is -2.20. The van der Waals surface area contributed by atoms with Gasteiger partial charge in [-0.3, -0.25) is 4.79 Å². The molecule has 3 aromatic rings. The van der Waals surface area contributed by atoms with Gasteiger partial charge in [-0.25, -0.2) is 0 Å². The van der Waals surface area contributed by atoms with Crippen LogP contribution in [0.2, 0.25) is 10.0 Å². The maximum Gasteiger partial charge on any atom is 0.311 e. The van der Waals surface area contributed by atoms with Crippen molar-refractivity contribution < 1.29 is 19.5 Å². The summed E-state index contributed by atoms with van der Waals surface area (Å²) in [5, 5.41) is 27.4. The van der Waals surface area contributed by atoms with Gasteiger partial charge in [0, 0.05) is 11.6 Å². The second-order valence-corrected chi connectivity index (χ2v) is 6.81. The standard InChI is InChI=1S/C19H16Cl2N2O4/c1-10(17-15(24)9-27-23-17)16(19(25)26)11-5-2-3-8-14(11)22-18-12(20)6-4-7-13(18)21/h2-10,16,22,24H,1H3,(H,25,26). The SMILES string of the molecule is CC(c1nocc1O)C(C(=O)O)c1ccccc1Nc1c(Cl)cccc1Cl. The van der Waals surface area contributed by atoms with Crippen LogP contribution in [0.25, 0.3) is 0 Å². The number of hydrogen-bond donors (Lipinski definition) is 3. The monoisotopic (exact) mass is 406 g/mol. The number of benzene rings is 2. The van der Waals surface area contributed by atoms with Gasteiger partial charge in [-0.2, -0.15) is 0 Å². The number of carbonyl (C=O) groups is 1. The Balaban J connectivity index is 2.05. The molecule has 0 amide bonds. The molecule has 0 aliphatic carbocycles. The third-order valence-electron chi connectivity index (χ3n) is 4.29. The molecule has 0 radical (unpaired) electrons. The Bertz CT molecular complexity index is 954. The third kappa shape index (κ3) is 3.86. The zero-order valence-corrected chi connectivity index (χ0v) is 15.7. The van der Waals surface area contributed by atoms with Crippen LogP contribution in [0.1, 0.15) is 30.0 Å². The van der Waals surface area contributed by atoms with E-state index < -0.39 is 17.8 Å². The van der Waals surface area contributed by atoms with Crippen molar-refractivity contribution >= 4 is 40.5 Å². The Morgan fingerprint density at radius 1 is 1.15 bits per heavy atom. The summed E-state index contributed by atoms with van der Waals surface area (Å²) >= 11 is 12.4. The van der Waals surface area contributed by atoms with Gasteiger partial charge in [0.2, 0.25) is 0 Å². The predicted molar refractivity (Wildman–Crippen MR) is 103 cm³/mol. The summed E-state index contributed by atoms with van der Waals surface area (Å²) in [5.74, 6) is -2.89. The summed E-state index contributed by atoms with van der Waals surface area (Å²) in [6.07, 6.45) is 1.07. The molecule has 0 bridgehead atoms. The fourth-order valence-electron chi connectivity index (χ4n) is 2.96. The van der Waals surface area contributed by atoms with E-state index in [0.29, 0.717) is 27.0 Å². The minimum Gasteiger partial charge on any atom is -0.503 e. The minimum atomic E-state index is -1.07. The molecule has 0 fully saturated rings. The van der Waals surface area contributed by atoms with Gasteiger partial charge in [0.15, 0.2) is 12.0 Å². The molecule has 1 aromatic heterocycles. The smallest absolute Gasteiger partial charge is 0.311 e. The van der Waals surface area contributed by atoms with Crippen molar-refractivity contribution in [2.24, 2.45) is 0 Å². The maximum atomic E-state index is 12.1. The zero-order chi connectivity index (χ0) is 19.6. The van der Waals surface area contributed by atoms with Gasteiger partial charge in [0.05, 0.1) is 21.7 Å². The fraction of sp³-hybridized carbons (Fsp3) is 0.158. The lowest BCUT2D eigenvalue weighted by molar-refractivity contribution is -0.139. The largest absolute Gasteiger partial charge is 0.503 e. The van der Waals surface area contributed by atoms with Crippen molar-refractivity contribution in [3.05, 3.63) is 70.0 Å². The van der Waals surface area contributed by atoms with E-state index in [2.05, 4.69) is 10.5 Å². The van der Waals surface area contributed by atoms with Crippen LogP contribution in [0, 0.1) is 0 Å². The molecule has 0 aliphatic heterocycles. The van der Waals surface area contributed by atoms with Gasteiger partial charge in [0.25, 0.3) is 0 Å². The Hall–Kier alpha value is -2.70. The highest BCUT2D eigenvalue weighted by molar-refractivity contribution is 6.39. The second-order valence-electron chi connectivity index (χ2n) is 6.00. The Morgan fingerprint density at radius 2 is 1.81 bits per heavy atom. The summed E-state index contributed by atoms with van der Waals surface area (Å²) in [4.78, 5) is 12.1. The first-order chi connectivity index (χ1) is 12.9. The molecular formula is C19H16Cl2N2O4. The van der Waals surface area contributed by atoms with Crippen LogP contribution in [0.4, 0.5) is 11.4 Å². The average molecular weight is 407 g/mol. The number of aromatic hydroxyl groups is 1. The Labute approximate surface area is 165 Å². The van der Waals surface area contributed by atoms with Crippen molar-refractivity contribution in [3.8, 4) is 5.75 Å². The van der Waals surface area contributed by atoms with Crippen LogP contribution >= 0.6 is 23.2 Å². The van der Waals surface area contributed by atoms with Gasteiger partial charge in [-0.05, 0) is 23.8 Å². The molecule has 8 heteroatoms. The lowest BCUT2D eigenvalue weighted by Gasteiger charge is -2.22. The number of anilines is 2. The number of hydrogen-bond acceptors (Lipinski definition) is 5. The first-order valence-electron chi connectivity index (χ1n) is 8.06. The van der Waals surface area contributed by atoms with Gasteiger partial charge in [-0.1, -0.05) is 59.5 Å². The van der Waals surface area contributed by atoms with Gasteiger partial charge in [-0.15, -0.1) is 0 Å². The quantitative estimate of drug-likeness (QED) is 0.506. The van der Waals surface area contributed by atoms with Crippen molar-refractivity contribution in [1.82, 2.24) is 5.16 Å². The summed E-state index contributed by atoms with van der Waals surface area (Å²) in [7, 11) is 0. The number of nitrogens with one attached hydrogen (secondary N) is 1. The van der Waals surface area contributed by atoms with E-state index in [1.54, 1.807) is 49.4 Å². The van der Waals surface area contributed by atoms with E-state index in [9.17, 15) is 15.0 Å². The normalized spacial score (nSPS) is 13.1. The summed E-state index contributed by atoms with van der Waals surface area (Å²) in [6.45, 7) is 1.66. The van der Waals surface area contributed by atoms with E-state index in [0.717, 1.165) is 6.26 Å². The Kier molecular flexibility index (Phi) is 5.58. The highest BCUT2D eigenvalue weighted by atomic mass is 35.5. The van der Waals surface area contributed by atoms with Gasteiger partial charge < -0.3 is 20.1 Å². The molecule has 3 rings (SSSR count). The number of carboxylic acid groups (broad SMARTS) is 1. The molecule has 3 N–H and O–H groups in total. The molecule has 0 saturated heterocycles. The number of halogens is 2. The first-order valence-corrected chi connectivity index (χ1v) is 8.81. The van der Waals surface area contributed by atoms with Crippen LogP contribution in [0.15, 0.2) is 53.3 Å². The van der Waals surface area contributed by atoms with Crippen molar-refractivity contribution in [2.75, 3.05) is 5.32 Å².